The number of nitrogens with one attached hydrogen (secondary N) is 1. The monoisotopic (exact) mass is 457 g/mol. The van der Waals surface area contributed by atoms with Gasteiger partial charge in [-0.1, -0.05) is 30.3 Å². The Morgan fingerprint density at radius 2 is 1.65 bits per heavy atom. The maximum absolute atomic E-state index is 11.4. The fraction of sp³-hybridized carbons (Fsp3) is 0.222. The van der Waals surface area contributed by atoms with Gasteiger partial charge in [0.2, 0.25) is 0 Å². The number of hydrogen-bond donors (Lipinski definition) is 2. The van der Waals surface area contributed by atoms with Crippen LogP contribution in [-0.2, 0) is 6.42 Å². The number of hydrogen-bond acceptors (Lipinski definition) is 6. The quantitative estimate of drug-likeness (QED) is 0.327. The van der Waals surface area contributed by atoms with E-state index in [0.717, 1.165) is 28.7 Å². The Hall–Kier alpha value is -4.13. The summed E-state index contributed by atoms with van der Waals surface area (Å²) in [5.74, 6) is 0.873. The maximum Gasteiger partial charge on any atom is 0.339 e. The summed E-state index contributed by atoms with van der Waals surface area (Å²) in [7, 11) is 0. The van der Waals surface area contributed by atoms with Crippen molar-refractivity contribution in [3.8, 4) is 22.8 Å². The highest BCUT2D eigenvalue weighted by Gasteiger charge is 2.13. The molecule has 0 aliphatic carbocycles. The summed E-state index contributed by atoms with van der Waals surface area (Å²) < 4.78 is 11.4. The van der Waals surface area contributed by atoms with Crippen molar-refractivity contribution in [1.29, 1.82) is 0 Å². The van der Waals surface area contributed by atoms with Crippen LogP contribution in [-0.4, -0.2) is 40.8 Å². The number of nitrogens with zero attached hydrogens (tertiary/aromatic N) is 2. The van der Waals surface area contributed by atoms with E-state index < -0.39 is 5.97 Å². The third-order valence-electron chi connectivity index (χ3n) is 5.40. The molecule has 0 radical (unpaired) electrons. The zero-order valence-electron chi connectivity index (χ0n) is 19.2. The van der Waals surface area contributed by atoms with Gasteiger partial charge >= 0.3 is 5.97 Å². The van der Waals surface area contributed by atoms with Crippen LogP contribution >= 0.6 is 0 Å². The second-order valence-electron chi connectivity index (χ2n) is 7.65. The number of ether oxygens (including phenoxy) is 2. The highest BCUT2D eigenvalue weighted by atomic mass is 16.5. The van der Waals surface area contributed by atoms with Crippen LogP contribution in [0.15, 0.2) is 67.0 Å². The van der Waals surface area contributed by atoms with Crippen LogP contribution in [0.2, 0.25) is 0 Å². The van der Waals surface area contributed by atoms with Crippen molar-refractivity contribution in [3.63, 3.8) is 0 Å². The number of carbonyl (C=O) groups is 1. The number of fused-ring (bicyclic) bond motifs is 1. The number of anilines is 1. The molecule has 7 heteroatoms. The van der Waals surface area contributed by atoms with Crippen molar-refractivity contribution < 1.29 is 19.4 Å². The van der Waals surface area contributed by atoms with Gasteiger partial charge < -0.3 is 19.9 Å². The van der Waals surface area contributed by atoms with Gasteiger partial charge in [0.05, 0.1) is 18.9 Å². The van der Waals surface area contributed by atoms with Gasteiger partial charge in [0.1, 0.15) is 29.2 Å². The van der Waals surface area contributed by atoms with Crippen molar-refractivity contribution in [1.82, 2.24) is 9.97 Å². The molecule has 0 spiro atoms. The predicted molar refractivity (Wildman–Crippen MR) is 133 cm³/mol. The Morgan fingerprint density at radius 1 is 0.912 bits per heavy atom. The molecule has 0 aliphatic heterocycles. The summed E-state index contributed by atoms with van der Waals surface area (Å²) in [5, 5.41) is 15.1. The minimum atomic E-state index is -1.03. The highest BCUT2D eigenvalue weighted by Crippen LogP contribution is 2.28. The molecule has 2 N–H and O–H groups in total. The number of aromatic nitrogens is 2. The summed E-state index contributed by atoms with van der Waals surface area (Å²) in [4.78, 5) is 20.1. The molecule has 0 amide bonds. The Labute approximate surface area is 198 Å². The van der Waals surface area contributed by atoms with Crippen LogP contribution < -0.4 is 14.8 Å². The van der Waals surface area contributed by atoms with E-state index in [4.69, 9.17) is 9.47 Å². The molecule has 0 fully saturated rings. The molecule has 0 saturated heterocycles. The van der Waals surface area contributed by atoms with E-state index in [1.54, 1.807) is 12.1 Å². The zero-order valence-corrected chi connectivity index (χ0v) is 19.2. The van der Waals surface area contributed by atoms with Crippen molar-refractivity contribution in [2.45, 2.75) is 20.3 Å². The molecule has 174 valence electrons. The molecule has 34 heavy (non-hydrogen) atoms. The molecule has 0 aliphatic rings. The first-order valence-corrected chi connectivity index (χ1v) is 11.3. The second-order valence-corrected chi connectivity index (χ2v) is 7.65. The lowest BCUT2D eigenvalue weighted by Gasteiger charge is -2.13. The molecular weight excluding hydrogens is 430 g/mol. The smallest absolute Gasteiger partial charge is 0.339 e. The standard InChI is InChI=1S/C27H27N3O4/c1-3-33-24-14-19-8-6-5-7-18(19)13-21(24)11-12-28-26-16-23(29-17-30-26)20-9-10-22(27(31)32)25(15-20)34-4-2/h5-10,13-17H,3-4,11-12H2,1-2H3,(H,31,32)(H,28,29,30). The number of carboxylic acids is 1. The molecule has 1 heterocycles. The number of carboxylic acid groups (broad SMARTS) is 1. The molecule has 4 rings (SSSR count). The zero-order chi connectivity index (χ0) is 23.9. The van der Waals surface area contributed by atoms with E-state index in [1.807, 2.05) is 32.0 Å². The van der Waals surface area contributed by atoms with Crippen molar-refractivity contribution in [3.05, 3.63) is 78.1 Å². The van der Waals surface area contributed by atoms with Gasteiger partial charge in [0.25, 0.3) is 0 Å². The lowest BCUT2D eigenvalue weighted by molar-refractivity contribution is 0.0692. The molecular formula is C27H27N3O4. The third kappa shape index (κ3) is 5.26. The first-order chi connectivity index (χ1) is 16.6. The Balaban J connectivity index is 1.50. The van der Waals surface area contributed by atoms with Crippen LogP contribution in [0.4, 0.5) is 5.82 Å². The molecule has 0 bridgehead atoms. The average Bonchev–Trinajstić information content (AvgIpc) is 2.84. The number of benzene rings is 3. The van der Waals surface area contributed by atoms with Gasteiger partial charge in [0.15, 0.2) is 0 Å². The van der Waals surface area contributed by atoms with E-state index >= 15 is 0 Å². The minimum Gasteiger partial charge on any atom is -0.494 e. The molecule has 3 aromatic carbocycles. The Kier molecular flexibility index (Phi) is 7.22. The average molecular weight is 458 g/mol. The van der Waals surface area contributed by atoms with Crippen LogP contribution in [0, 0.1) is 0 Å². The first kappa shape index (κ1) is 23.0. The van der Waals surface area contributed by atoms with Crippen LogP contribution in [0.5, 0.6) is 11.5 Å². The molecule has 1 aromatic heterocycles. The normalized spacial score (nSPS) is 10.8. The Bertz CT molecular complexity index is 1310. The number of aromatic carboxylic acids is 1. The van der Waals surface area contributed by atoms with Crippen LogP contribution in [0.3, 0.4) is 0 Å². The van der Waals surface area contributed by atoms with Crippen molar-refractivity contribution in [2.75, 3.05) is 25.1 Å². The van der Waals surface area contributed by atoms with Crippen LogP contribution in [0.1, 0.15) is 29.8 Å². The fourth-order valence-corrected chi connectivity index (χ4v) is 3.82. The molecule has 0 atom stereocenters. The van der Waals surface area contributed by atoms with E-state index in [-0.39, 0.29) is 5.56 Å². The summed E-state index contributed by atoms with van der Waals surface area (Å²) in [6, 6.07) is 19.3. The number of rotatable bonds is 10. The molecule has 7 nitrogen and oxygen atoms in total. The van der Waals surface area contributed by atoms with Crippen LogP contribution in [0.25, 0.3) is 22.0 Å². The third-order valence-corrected chi connectivity index (χ3v) is 5.40. The Morgan fingerprint density at radius 3 is 2.38 bits per heavy atom. The van der Waals surface area contributed by atoms with Gasteiger partial charge in [-0.05, 0) is 60.9 Å². The first-order valence-electron chi connectivity index (χ1n) is 11.3. The van der Waals surface area contributed by atoms with Gasteiger partial charge in [0, 0.05) is 18.2 Å². The minimum absolute atomic E-state index is 0.124. The van der Waals surface area contributed by atoms with E-state index in [1.165, 1.54) is 17.8 Å². The van der Waals surface area contributed by atoms with E-state index in [2.05, 4.69) is 39.6 Å². The van der Waals surface area contributed by atoms with Crippen molar-refractivity contribution >= 4 is 22.6 Å². The van der Waals surface area contributed by atoms with Gasteiger partial charge in [-0.25, -0.2) is 14.8 Å². The van der Waals surface area contributed by atoms with E-state index in [0.29, 0.717) is 37.0 Å². The predicted octanol–water partition coefficient (Wildman–Crippen LogP) is 5.45. The molecule has 0 unspecified atom stereocenters. The SMILES string of the molecule is CCOc1cc2ccccc2cc1CCNc1cc(-c2ccc(C(=O)O)c(OCC)c2)ncn1. The fourth-order valence-electron chi connectivity index (χ4n) is 3.82. The lowest BCUT2D eigenvalue weighted by Crippen LogP contribution is -2.08. The van der Waals surface area contributed by atoms with Gasteiger partial charge in [-0.3, -0.25) is 0 Å². The molecule has 4 aromatic rings. The second kappa shape index (κ2) is 10.7. The topological polar surface area (TPSA) is 93.6 Å². The summed E-state index contributed by atoms with van der Waals surface area (Å²) in [6.07, 6.45) is 2.26. The largest absolute Gasteiger partial charge is 0.494 e. The maximum atomic E-state index is 11.4. The van der Waals surface area contributed by atoms with Gasteiger partial charge in [-0.2, -0.15) is 0 Å². The summed E-state index contributed by atoms with van der Waals surface area (Å²) >= 11 is 0. The van der Waals surface area contributed by atoms with E-state index in [9.17, 15) is 9.90 Å². The molecule has 0 saturated carbocycles. The lowest BCUT2D eigenvalue weighted by atomic mass is 10.0. The summed E-state index contributed by atoms with van der Waals surface area (Å²) in [6.45, 7) is 5.45. The van der Waals surface area contributed by atoms with Gasteiger partial charge in [-0.15, -0.1) is 0 Å². The van der Waals surface area contributed by atoms with Crippen molar-refractivity contribution in [2.24, 2.45) is 0 Å². The summed E-state index contributed by atoms with van der Waals surface area (Å²) in [5.41, 5.74) is 2.69. The highest BCUT2D eigenvalue weighted by molar-refractivity contribution is 5.92.